The number of carboxylic acids is 1. The van der Waals surface area contributed by atoms with Gasteiger partial charge in [0.2, 0.25) is 0 Å². The van der Waals surface area contributed by atoms with Crippen LogP contribution < -0.4 is 0 Å². The van der Waals surface area contributed by atoms with Gasteiger partial charge in [-0.15, -0.1) is 0 Å². The van der Waals surface area contributed by atoms with Crippen molar-refractivity contribution in [2.24, 2.45) is 0 Å². The van der Waals surface area contributed by atoms with E-state index in [1.807, 2.05) is 30.3 Å². The van der Waals surface area contributed by atoms with E-state index in [0.29, 0.717) is 6.42 Å². The van der Waals surface area contributed by atoms with Crippen LogP contribution in [0.1, 0.15) is 24.8 Å². The molecular weight excluding hydrogens is 290 g/mol. The fourth-order valence-electron chi connectivity index (χ4n) is 2.04. The van der Waals surface area contributed by atoms with E-state index in [1.54, 1.807) is 0 Å². The van der Waals surface area contributed by atoms with Gasteiger partial charge in [0.15, 0.2) is 5.78 Å². The van der Waals surface area contributed by atoms with Crippen molar-refractivity contribution in [2.45, 2.75) is 32.0 Å². The molecule has 118 valence electrons. The molecule has 0 bridgehead atoms. The highest BCUT2D eigenvalue weighted by molar-refractivity contribution is 5.89. The third kappa shape index (κ3) is 4.56. The molecule has 1 aliphatic rings. The number of rotatable bonds is 6. The molecule has 0 spiro atoms. The van der Waals surface area contributed by atoms with E-state index < -0.39 is 18.2 Å². The summed E-state index contributed by atoms with van der Waals surface area (Å²) >= 11 is 0. The maximum absolute atomic E-state index is 11.8. The number of carbonyl (C=O) groups is 3. The van der Waals surface area contributed by atoms with Gasteiger partial charge >= 0.3 is 12.1 Å². The van der Waals surface area contributed by atoms with Gasteiger partial charge in [0.05, 0.1) is 0 Å². The zero-order valence-electron chi connectivity index (χ0n) is 11.9. The summed E-state index contributed by atoms with van der Waals surface area (Å²) in [5.41, 5.74) is 0.833. The van der Waals surface area contributed by atoms with E-state index in [2.05, 4.69) is 0 Å². The lowest BCUT2D eigenvalue weighted by atomic mass is 10.1. The number of Topliss-reactive ketones (excluding diaryl/α,β-unsaturated/α-hetero) is 1. The summed E-state index contributed by atoms with van der Waals surface area (Å²) in [6.45, 7) is -0.0806. The van der Waals surface area contributed by atoms with Crippen LogP contribution in [-0.2, 0) is 25.8 Å². The number of hydroxylamine groups is 2. The number of ether oxygens (including phenoxy) is 1. The highest BCUT2D eigenvalue weighted by Gasteiger charge is 2.35. The Balaban J connectivity index is 1.77. The van der Waals surface area contributed by atoms with Gasteiger partial charge in [-0.3, -0.25) is 14.4 Å². The van der Waals surface area contributed by atoms with Gasteiger partial charge in [-0.2, -0.15) is 5.06 Å². The van der Waals surface area contributed by atoms with Crippen LogP contribution in [0.15, 0.2) is 30.3 Å². The average molecular weight is 307 g/mol. The van der Waals surface area contributed by atoms with Crippen molar-refractivity contribution in [1.29, 1.82) is 0 Å². The van der Waals surface area contributed by atoms with Crippen molar-refractivity contribution in [3.05, 3.63) is 35.9 Å². The van der Waals surface area contributed by atoms with Crippen molar-refractivity contribution in [1.82, 2.24) is 5.06 Å². The molecule has 1 atom stereocenters. The quantitative estimate of drug-likeness (QED) is 0.861. The molecule has 1 N–H and O–H groups in total. The van der Waals surface area contributed by atoms with Gasteiger partial charge in [-0.05, 0) is 18.4 Å². The summed E-state index contributed by atoms with van der Waals surface area (Å²) in [6, 6.07) is 9.15. The number of amides is 1. The first-order valence-electron chi connectivity index (χ1n) is 6.96. The van der Waals surface area contributed by atoms with E-state index in [9.17, 15) is 14.4 Å². The monoisotopic (exact) mass is 307 g/mol. The average Bonchev–Trinajstić information content (AvgIpc) is 2.87. The highest BCUT2D eigenvalue weighted by Crippen LogP contribution is 2.17. The van der Waals surface area contributed by atoms with Gasteiger partial charge in [-0.25, -0.2) is 4.79 Å². The van der Waals surface area contributed by atoms with Crippen LogP contribution in [-0.4, -0.2) is 40.7 Å². The topological polar surface area (TPSA) is 93.1 Å². The second-order valence-electron chi connectivity index (χ2n) is 4.92. The van der Waals surface area contributed by atoms with Crippen molar-refractivity contribution in [2.75, 3.05) is 6.54 Å². The van der Waals surface area contributed by atoms with Crippen LogP contribution >= 0.6 is 0 Å². The minimum atomic E-state index is -0.926. The number of benzene rings is 1. The van der Waals surface area contributed by atoms with Crippen molar-refractivity contribution in [3.63, 3.8) is 0 Å². The van der Waals surface area contributed by atoms with E-state index >= 15 is 0 Å². The summed E-state index contributed by atoms with van der Waals surface area (Å²) in [5, 5.41) is 9.45. The zero-order chi connectivity index (χ0) is 15.9. The van der Waals surface area contributed by atoms with E-state index in [1.165, 1.54) is 0 Å². The first-order chi connectivity index (χ1) is 10.6. The van der Waals surface area contributed by atoms with Gasteiger partial charge in [0, 0.05) is 6.42 Å². The van der Waals surface area contributed by atoms with Gasteiger partial charge in [0.1, 0.15) is 19.3 Å². The van der Waals surface area contributed by atoms with Crippen molar-refractivity contribution >= 4 is 17.8 Å². The molecule has 1 saturated heterocycles. The summed E-state index contributed by atoms with van der Waals surface area (Å²) in [4.78, 5) is 39.2. The van der Waals surface area contributed by atoms with Crippen LogP contribution in [0.2, 0.25) is 0 Å². The Morgan fingerprint density at radius 1 is 1.32 bits per heavy atom. The summed E-state index contributed by atoms with van der Waals surface area (Å²) in [7, 11) is 0. The second kappa shape index (κ2) is 7.56. The Bertz CT molecular complexity index is 544. The summed E-state index contributed by atoms with van der Waals surface area (Å²) in [5.74, 6) is -1.17. The molecule has 0 radical (unpaired) electrons. The van der Waals surface area contributed by atoms with E-state index in [-0.39, 0.29) is 31.8 Å². The molecule has 0 saturated carbocycles. The number of hydrogen-bond acceptors (Lipinski definition) is 5. The Labute approximate surface area is 127 Å². The Morgan fingerprint density at radius 2 is 2.05 bits per heavy atom. The number of hydrogen-bond donors (Lipinski definition) is 1. The number of carboxylic acid groups (broad SMARTS) is 1. The number of aliphatic carboxylic acids is 1. The molecule has 1 fully saturated rings. The first-order valence-corrected chi connectivity index (χ1v) is 6.96. The standard InChI is InChI=1S/C15H17NO6/c17-12-9-16(22-13(12)7-4-8-14(18)19)15(20)21-10-11-5-2-1-3-6-11/h1-3,5-6,13H,4,7-10H2,(H,18,19). The molecule has 1 unspecified atom stereocenters. The van der Waals surface area contributed by atoms with Gasteiger partial charge in [-0.1, -0.05) is 30.3 Å². The fourth-order valence-corrected chi connectivity index (χ4v) is 2.04. The summed E-state index contributed by atoms with van der Waals surface area (Å²) in [6.07, 6.45) is -0.945. The van der Waals surface area contributed by atoms with Gasteiger partial charge in [0.25, 0.3) is 0 Å². The predicted molar refractivity (Wildman–Crippen MR) is 74.7 cm³/mol. The fraction of sp³-hybridized carbons (Fsp3) is 0.400. The molecule has 1 aromatic carbocycles. The Hall–Kier alpha value is -2.41. The maximum Gasteiger partial charge on any atom is 0.434 e. The van der Waals surface area contributed by atoms with Gasteiger partial charge < -0.3 is 9.84 Å². The largest absolute Gasteiger partial charge is 0.481 e. The van der Waals surface area contributed by atoms with E-state index in [4.69, 9.17) is 14.7 Å². The van der Waals surface area contributed by atoms with E-state index in [0.717, 1.165) is 10.6 Å². The minimum absolute atomic E-state index is 0.0361. The first kappa shape index (κ1) is 16.0. The van der Waals surface area contributed by atoms with Crippen LogP contribution in [0.4, 0.5) is 4.79 Å². The molecule has 7 nitrogen and oxygen atoms in total. The van der Waals surface area contributed by atoms with Crippen LogP contribution in [0.5, 0.6) is 0 Å². The zero-order valence-corrected chi connectivity index (χ0v) is 11.9. The summed E-state index contributed by atoms with van der Waals surface area (Å²) < 4.78 is 5.07. The lowest BCUT2D eigenvalue weighted by Gasteiger charge is -2.15. The minimum Gasteiger partial charge on any atom is -0.481 e. The van der Waals surface area contributed by atoms with Crippen molar-refractivity contribution in [3.8, 4) is 0 Å². The molecule has 22 heavy (non-hydrogen) atoms. The molecular formula is C15H17NO6. The maximum atomic E-state index is 11.8. The normalized spacial score (nSPS) is 17.5. The molecule has 7 heteroatoms. The Morgan fingerprint density at radius 3 is 2.73 bits per heavy atom. The number of carbonyl (C=O) groups excluding carboxylic acids is 2. The van der Waals surface area contributed by atoms with Crippen LogP contribution in [0.3, 0.4) is 0 Å². The number of ketones is 1. The molecule has 2 rings (SSSR count). The third-order valence-electron chi connectivity index (χ3n) is 3.18. The smallest absolute Gasteiger partial charge is 0.434 e. The lowest BCUT2D eigenvalue weighted by molar-refractivity contribution is -0.141. The number of nitrogens with zero attached hydrogens (tertiary/aromatic N) is 1. The molecule has 1 heterocycles. The Kier molecular flexibility index (Phi) is 5.48. The lowest BCUT2D eigenvalue weighted by Crippen LogP contribution is -2.28. The SMILES string of the molecule is O=C(O)CCCC1ON(C(=O)OCc2ccccc2)CC1=O. The molecule has 1 aliphatic heterocycles. The molecule has 1 aromatic rings. The van der Waals surface area contributed by atoms with Crippen LogP contribution in [0, 0.1) is 0 Å². The third-order valence-corrected chi connectivity index (χ3v) is 3.18. The predicted octanol–water partition coefficient (Wildman–Crippen LogP) is 1.76. The molecule has 0 aliphatic carbocycles. The molecule has 1 amide bonds. The molecule has 0 aromatic heterocycles. The second-order valence-corrected chi connectivity index (χ2v) is 4.92. The van der Waals surface area contributed by atoms with Crippen LogP contribution in [0.25, 0.3) is 0 Å². The highest BCUT2D eigenvalue weighted by atomic mass is 16.7. The van der Waals surface area contributed by atoms with Crippen molar-refractivity contribution < 1.29 is 29.1 Å².